The minimum Gasteiger partial charge on any atom is -0.0620 e. The van der Waals surface area contributed by atoms with E-state index in [2.05, 4.69) is 74.5 Å². The van der Waals surface area contributed by atoms with Crippen molar-refractivity contribution in [3.05, 3.63) is 82.9 Å². The third kappa shape index (κ3) is 2.06. The molecule has 1 aliphatic carbocycles. The van der Waals surface area contributed by atoms with E-state index in [0.29, 0.717) is 11.8 Å². The summed E-state index contributed by atoms with van der Waals surface area (Å²) in [4.78, 5) is 0. The molecule has 110 valence electrons. The van der Waals surface area contributed by atoms with Crippen LogP contribution in [-0.4, -0.2) is 0 Å². The highest BCUT2D eigenvalue weighted by Gasteiger charge is 2.29. The summed E-state index contributed by atoms with van der Waals surface area (Å²) in [6.07, 6.45) is 2.50. The van der Waals surface area contributed by atoms with Crippen LogP contribution in [0.5, 0.6) is 0 Å². The summed E-state index contributed by atoms with van der Waals surface area (Å²) in [5.74, 6) is 1.22. The molecule has 2 atom stereocenters. The highest BCUT2D eigenvalue weighted by Crippen LogP contribution is 2.44. The smallest absolute Gasteiger partial charge is 0.0127 e. The van der Waals surface area contributed by atoms with Gasteiger partial charge >= 0.3 is 0 Å². The third-order valence-electron chi connectivity index (χ3n) is 5.33. The zero-order chi connectivity index (χ0) is 15.1. The number of hydrogen-bond acceptors (Lipinski definition) is 0. The van der Waals surface area contributed by atoms with Crippen LogP contribution < -0.4 is 0 Å². The van der Waals surface area contributed by atoms with Gasteiger partial charge in [-0.25, -0.2) is 0 Å². The fourth-order valence-corrected chi connectivity index (χ4v) is 4.18. The molecule has 0 unspecified atom stereocenters. The second kappa shape index (κ2) is 5.28. The van der Waals surface area contributed by atoms with Crippen LogP contribution in [0.4, 0.5) is 0 Å². The molecule has 0 nitrogen and oxygen atoms in total. The Morgan fingerprint density at radius 2 is 1.64 bits per heavy atom. The standard InChI is InChI=1S/C22H22/c1-15-11-13-17-7-3-5-9-19(17)21(15)22-16(2)12-14-18-8-4-6-10-20(18)22/h3-11,13,16,22H,12,14H2,1-2H3/t16-,22-/m0/s1. The molecule has 0 saturated heterocycles. The molecular formula is C22H22. The maximum absolute atomic E-state index is 2.42. The number of rotatable bonds is 1. The second-order valence-corrected chi connectivity index (χ2v) is 6.71. The first-order valence-electron chi connectivity index (χ1n) is 8.32. The third-order valence-corrected chi connectivity index (χ3v) is 5.33. The molecule has 0 bridgehead atoms. The summed E-state index contributed by atoms with van der Waals surface area (Å²) in [5, 5.41) is 2.79. The molecule has 4 rings (SSSR count). The average molecular weight is 286 g/mol. The molecule has 0 saturated carbocycles. The van der Waals surface area contributed by atoms with Crippen molar-refractivity contribution < 1.29 is 0 Å². The van der Waals surface area contributed by atoms with Crippen molar-refractivity contribution in [1.82, 2.24) is 0 Å². The molecule has 1 aliphatic rings. The van der Waals surface area contributed by atoms with E-state index in [1.165, 1.54) is 40.3 Å². The molecule has 0 radical (unpaired) electrons. The normalized spacial score (nSPS) is 20.8. The maximum atomic E-state index is 2.42. The highest BCUT2D eigenvalue weighted by molar-refractivity contribution is 5.87. The van der Waals surface area contributed by atoms with Gasteiger partial charge in [-0.15, -0.1) is 0 Å². The summed E-state index contributed by atoms with van der Waals surface area (Å²) in [5.41, 5.74) is 6.05. The van der Waals surface area contributed by atoms with Gasteiger partial charge in [-0.2, -0.15) is 0 Å². The summed E-state index contributed by atoms with van der Waals surface area (Å²) < 4.78 is 0. The largest absolute Gasteiger partial charge is 0.0620 e. The molecule has 0 N–H and O–H groups in total. The monoisotopic (exact) mass is 286 g/mol. The van der Waals surface area contributed by atoms with E-state index in [0.717, 1.165) is 0 Å². The van der Waals surface area contributed by atoms with Gasteiger partial charge in [0, 0.05) is 5.92 Å². The molecule has 0 heteroatoms. The Hall–Kier alpha value is -2.08. The van der Waals surface area contributed by atoms with Gasteiger partial charge in [0.05, 0.1) is 0 Å². The molecule has 0 amide bonds. The lowest BCUT2D eigenvalue weighted by Crippen LogP contribution is -2.20. The zero-order valence-electron chi connectivity index (χ0n) is 13.3. The number of benzene rings is 3. The lowest BCUT2D eigenvalue weighted by atomic mass is 9.70. The van der Waals surface area contributed by atoms with E-state index in [9.17, 15) is 0 Å². The summed E-state index contributed by atoms with van der Waals surface area (Å²) in [6.45, 7) is 4.69. The first kappa shape index (κ1) is 13.6. The summed E-state index contributed by atoms with van der Waals surface area (Å²) in [6, 6.07) is 22.4. The Labute approximate surface area is 132 Å². The van der Waals surface area contributed by atoms with Crippen molar-refractivity contribution in [1.29, 1.82) is 0 Å². The van der Waals surface area contributed by atoms with E-state index in [1.807, 2.05) is 0 Å². The molecule has 22 heavy (non-hydrogen) atoms. The predicted molar refractivity (Wildman–Crippen MR) is 94.5 cm³/mol. The fourth-order valence-electron chi connectivity index (χ4n) is 4.18. The minimum atomic E-state index is 0.524. The van der Waals surface area contributed by atoms with Crippen LogP contribution >= 0.6 is 0 Å². The molecule has 3 aromatic carbocycles. The number of fused-ring (bicyclic) bond motifs is 2. The van der Waals surface area contributed by atoms with Crippen LogP contribution in [0.25, 0.3) is 10.8 Å². The van der Waals surface area contributed by atoms with E-state index in [-0.39, 0.29) is 0 Å². The Kier molecular flexibility index (Phi) is 3.26. The summed E-state index contributed by atoms with van der Waals surface area (Å²) >= 11 is 0. The SMILES string of the molecule is Cc1ccc2ccccc2c1[C@@H]1c2ccccc2CC[C@@H]1C. The highest BCUT2D eigenvalue weighted by atomic mass is 14.3. The fraction of sp³-hybridized carbons (Fsp3) is 0.273. The van der Waals surface area contributed by atoms with Crippen LogP contribution in [0.3, 0.4) is 0 Å². The van der Waals surface area contributed by atoms with Gasteiger partial charge < -0.3 is 0 Å². The van der Waals surface area contributed by atoms with Gasteiger partial charge in [0.25, 0.3) is 0 Å². The molecule has 0 fully saturated rings. The van der Waals surface area contributed by atoms with Crippen LogP contribution in [0, 0.1) is 12.8 Å². The Bertz CT molecular complexity index is 828. The van der Waals surface area contributed by atoms with Crippen molar-refractivity contribution in [2.75, 3.05) is 0 Å². The van der Waals surface area contributed by atoms with Gasteiger partial charge in [0.2, 0.25) is 0 Å². The Morgan fingerprint density at radius 1 is 0.864 bits per heavy atom. The van der Waals surface area contributed by atoms with Crippen molar-refractivity contribution >= 4 is 10.8 Å². The lowest BCUT2D eigenvalue weighted by molar-refractivity contribution is 0.447. The molecular weight excluding hydrogens is 264 g/mol. The first-order valence-corrected chi connectivity index (χ1v) is 8.32. The van der Waals surface area contributed by atoms with Gasteiger partial charge in [0.15, 0.2) is 0 Å². The second-order valence-electron chi connectivity index (χ2n) is 6.71. The quantitative estimate of drug-likeness (QED) is 0.525. The Balaban J connectivity index is 2.01. The van der Waals surface area contributed by atoms with Crippen LogP contribution in [0.2, 0.25) is 0 Å². The average Bonchev–Trinajstić information content (AvgIpc) is 2.56. The van der Waals surface area contributed by atoms with E-state index in [1.54, 1.807) is 5.56 Å². The van der Waals surface area contributed by atoms with E-state index < -0.39 is 0 Å². The molecule has 0 aliphatic heterocycles. The zero-order valence-corrected chi connectivity index (χ0v) is 13.3. The van der Waals surface area contributed by atoms with E-state index >= 15 is 0 Å². The Morgan fingerprint density at radius 3 is 2.55 bits per heavy atom. The van der Waals surface area contributed by atoms with Crippen molar-refractivity contribution in [2.24, 2.45) is 5.92 Å². The van der Waals surface area contributed by atoms with Gasteiger partial charge in [0.1, 0.15) is 0 Å². The van der Waals surface area contributed by atoms with Gasteiger partial charge in [-0.3, -0.25) is 0 Å². The molecule has 3 aromatic rings. The van der Waals surface area contributed by atoms with Crippen molar-refractivity contribution in [2.45, 2.75) is 32.6 Å². The van der Waals surface area contributed by atoms with Crippen molar-refractivity contribution in [3.63, 3.8) is 0 Å². The lowest BCUT2D eigenvalue weighted by Gasteiger charge is -2.33. The predicted octanol–water partition coefficient (Wildman–Crippen LogP) is 5.86. The summed E-state index contributed by atoms with van der Waals surface area (Å²) in [7, 11) is 0. The molecule has 0 spiro atoms. The van der Waals surface area contributed by atoms with E-state index in [4.69, 9.17) is 0 Å². The first-order chi connectivity index (χ1) is 10.8. The van der Waals surface area contributed by atoms with Gasteiger partial charge in [-0.05, 0) is 58.7 Å². The van der Waals surface area contributed by atoms with Crippen molar-refractivity contribution in [3.8, 4) is 0 Å². The topological polar surface area (TPSA) is 0 Å². The number of hydrogen-bond donors (Lipinski definition) is 0. The number of aryl methyl sites for hydroxylation is 2. The van der Waals surface area contributed by atoms with Gasteiger partial charge in [-0.1, -0.05) is 67.6 Å². The maximum Gasteiger partial charge on any atom is 0.0127 e. The van der Waals surface area contributed by atoms with Crippen LogP contribution in [0.15, 0.2) is 60.7 Å². The minimum absolute atomic E-state index is 0.524. The molecule has 0 aromatic heterocycles. The molecule has 0 heterocycles. The van der Waals surface area contributed by atoms with Crippen LogP contribution in [0.1, 0.15) is 41.5 Å². The van der Waals surface area contributed by atoms with Crippen LogP contribution in [-0.2, 0) is 6.42 Å².